The van der Waals surface area contributed by atoms with Gasteiger partial charge in [-0.1, -0.05) is 6.92 Å². The minimum atomic E-state index is -3.85. The molecule has 6 nitrogen and oxygen atoms in total. The fourth-order valence-corrected chi connectivity index (χ4v) is 2.80. The molecule has 96 valence electrons. The van der Waals surface area contributed by atoms with Crippen LogP contribution in [-0.2, 0) is 14.8 Å². The predicted octanol–water partition coefficient (Wildman–Crippen LogP) is 1.07. The van der Waals surface area contributed by atoms with E-state index in [1.165, 1.54) is 12.1 Å². The minimum Gasteiger partial charge on any atom is -0.480 e. The van der Waals surface area contributed by atoms with Gasteiger partial charge in [0, 0.05) is 6.54 Å². The van der Waals surface area contributed by atoms with Crippen molar-refractivity contribution in [1.82, 2.24) is 4.31 Å². The Balaban J connectivity index is 3.03. The van der Waals surface area contributed by atoms with Crippen molar-refractivity contribution in [3.05, 3.63) is 17.9 Å². The minimum absolute atomic E-state index is 0.147. The van der Waals surface area contributed by atoms with E-state index in [0.29, 0.717) is 12.2 Å². The van der Waals surface area contributed by atoms with E-state index in [4.69, 9.17) is 9.52 Å². The maximum atomic E-state index is 12.0. The normalized spacial score (nSPS) is 11.9. The van der Waals surface area contributed by atoms with Gasteiger partial charge in [-0.3, -0.25) is 4.79 Å². The predicted molar refractivity (Wildman–Crippen MR) is 60.1 cm³/mol. The molecule has 1 aromatic rings. The number of hydrogen-bond donors (Lipinski definition) is 1. The molecule has 0 radical (unpaired) electrons. The first-order chi connectivity index (χ1) is 7.87. The van der Waals surface area contributed by atoms with Crippen molar-refractivity contribution in [2.24, 2.45) is 0 Å². The first-order valence-electron chi connectivity index (χ1n) is 5.16. The molecule has 1 heterocycles. The summed E-state index contributed by atoms with van der Waals surface area (Å²) < 4.78 is 30.0. The second-order valence-corrected chi connectivity index (χ2v) is 5.47. The lowest BCUT2D eigenvalue weighted by Gasteiger charge is -2.17. The van der Waals surface area contributed by atoms with Crippen molar-refractivity contribution in [3.63, 3.8) is 0 Å². The number of carboxylic acids is 1. The van der Waals surface area contributed by atoms with Crippen molar-refractivity contribution >= 4 is 16.0 Å². The zero-order valence-electron chi connectivity index (χ0n) is 9.71. The standard InChI is InChI=1S/C10H15NO5S/c1-3-6-11(7-9(12)13)17(14,15)10-5-4-8(2)16-10/h4-5H,3,6-7H2,1-2H3,(H,12,13). The van der Waals surface area contributed by atoms with Gasteiger partial charge in [0.05, 0.1) is 0 Å². The van der Waals surface area contributed by atoms with E-state index in [-0.39, 0.29) is 11.6 Å². The van der Waals surface area contributed by atoms with Crippen LogP contribution >= 0.6 is 0 Å². The van der Waals surface area contributed by atoms with Crippen molar-refractivity contribution in [2.75, 3.05) is 13.1 Å². The molecule has 0 saturated carbocycles. The first-order valence-corrected chi connectivity index (χ1v) is 6.60. The zero-order valence-corrected chi connectivity index (χ0v) is 10.5. The second kappa shape index (κ2) is 5.33. The number of nitrogens with zero attached hydrogens (tertiary/aromatic N) is 1. The van der Waals surface area contributed by atoms with Gasteiger partial charge in [0.2, 0.25) is 5.09 Å². The van der Waals surface area contributed by atoms with Crippen LogP contribution in [0.4, 0.5) is 0 Å². The van der Waals surface area contributed by atoms with Crippen LogP contribution in [0.15, 0.2) is 21.6 Å². The van der Waals surface area contributed by atoms with Crippen LogP contribution in [0.1, 0.15) is 19.1 Å². The molecule has 0 aliphatic carbocycles. The van der Waals surface area contributed by atoms with E-state index in [1.807, 2.05) is 0 Å². The molecule has 0 saturated heterocycles. The molecule has 1 N–H and O–H groups in total. The highest BCUT2D eigenvalue weighted by atomic mass is 32.2. The van der Waals surface area contributed by atoms with Gasteiger partial charge in [-0.2, -0.15) is 4.31 Å². The summed E-state index contributed by atoms with van der Waals surface area (Å²) in [7, 11) is -3.85. The van der Waals surface area contributed by atoms with Crippen LogP contribution in [0.25, 0.3) is 0 Å². The Hall–Kier alpha value is -1.34. The number of aryl methyl sites for hydroxylation is 1. The number of aliphatic carboxylic acids is 1. The molecule has 1 rings (SSSR count). The molecule has 0 aromatic carbocycles. The first kappa shape index (κ1) is 13.7. The molecule has 17 heavy (non-hydrogen) atoms. The summed E-state index contributed by atoms with van der Waals surface area (Å²) in [6.07, 6.45) is 0.534. The van der Waals surface area contributed by atoms with Gasteiger partial charge < -0.3 is 9.52 Å². The van der Waals surface area contributed by atoms with E-state index in [9.17, 15) is 13.2 Å². The topological polar surface area (TPSA) is 87.8 Å². The fraction of sp³-hybridized carbons (Fsp3) is 0.500. The largest absolute Gasteiger partial charge is 0.480 e. The Morgan fingerprint density at radius 3 is 2.53 bits per heavy atom. The van der Waals surface area contributed by atoms with E-state index in [0.717, 1.165) is 4.31 Å². The van der Waals surface area contributed by atoms with Crippen LogP contribution in [0, 0.1) is 6.92 Å². The van der Waals surface area contributed by atoms with Crippen LogP contribution < -0.4 is 0 Å². The number of carbonyl (C=O) groups is 1. The molecular weight excluding hydrogens is 246 g/mol. The lowest BCUT2D eigenvalue weighted by Crippen LogP contribution is -2.36. The van der Waals surface area contributed by atoms with Gasteiger partial charge in [0.25, 0.3) is 10.0 Å². The highest BCUT2D eigenvalue weighted by molar-refractivity contribution is 7.89. The highest BCUT2D eigenvalue weighted by Crippen LogP contribution is 2.18. The van der Waals surface area contributed by atoms with Gasteiger partial charge in [0.1, 0.15) is 12.3 Å². The maximum absolute atomic E-state index is 12.0. The SMILES string of the molecule is CCCN(CC(=O)O)S(=O)(=O)c1ccc(C)o1. The Morgan fingerprint density at radius 2 is 2.12 bits per heavy atom. The summed E-state index contributed by atoms with van der Waals surface area (Å²) in [5, 5.41) is 8.47. The third-order valence-electron chi connectivity index (χ3n) is 2.09. The second-order valence-electron chi connectivity index (χ2n) is 3.60. The van der Waals surface area contributed by atoms with Crippen molar-refractivity contribution < 1.29 is 22.7 Å². The van der Waals surface area contributed by atoms with Gasteiger partial charge >= 0.3 is 5.97 Å². The van der Waals surface area contributed by atoms with Gasteiger partial charge in [-0.15, -0.1) is 0 Å². The molecule has 0 spiro atoms. The smallest absolute Gasteiger partial charge is 0.318 e. The molecule has 1 aromatic heterocycles. The summed E-state index contributed by atoms with van der Waals surface area (Å²) >= 11 is 0. The molecule has 0 amide bonds. The van der Waals surface area contributed by atoms with Crippen LogP contribution in [0.3, 0.4) is 0 Å². The molecule has 0 atom stereocenters. The van der Waals surface area contributed by atoms with Crippen molar-refractivity contribution in [3.8, 4) is 0 Å². The fourth-order valence-electron chi connectivity index (χ4n) is 1.36. The monoisotopic (exact) mass is 261 g/mol. The number of rotatable bonds is 6. The van der Waals surface area contributed by atoms with E-state index in [1.54, 1.807) is 13.8 Å². The van der Waals surface area contributed by atoms with E-state index in [2.05, 4.69) is 0 Å². The average Bonchev–Trinajstić information content (AvgIpc) is 2.64. The van der Waals surface area contributed by atoms with Crippen LogP contribution in [-0.4, -0.2) is 36.9 Å². The highest BCUT2D eigenvalue weighted by Gasteiger charge is 2.28. The molecule has 0 aliphatic rings. The van der Waals surface area contributed by atoms with Gasteiger partial charge in [0.15, 0.2) is 0 Å². The van der Waals surface area contributed by atoms with Gasteiger partial charge in [-0.05, 0) is 25.5 Å². The summed E-state index contributed by atoms with van der Waals surface area (Å²) in [5.41, 5.74) is 0. The van der Waals surface area contributed by atoms with Crippen LogP contribution in [0.5, 0.6) is 0 Å². The van der Waals surface area contributed by atoms with E-state index < -0.39 is 22.5 Å². The Kier molecular flexibility index (Phi) is 4.30. The summed E-state index contributed by atoms with van der Waals surface area (Å²) in [4.78, 5) is 10.6. The summed E-state index contributed by atoms with van der Waals surface area (Å²) in [5.74, 6) is -0.722. The molecule has 0 unspecified atom stereocenters. The molecule has 7 heteroatoms. The van der Waals surface area contributed by atoms with Crippen molar-refractivity contribution in [2.45, 2.75) is 25.4 Å². The van der Waals surface area contributed by atoms with Crippen LogP contribution in [0.2, 0.25) is 0 Å². The summed E-state index contributed by atoms with van der Waals surface area (Å²) in [6, 6.07) is 2.85. The lowest BCUT2D eigenvalue weighted by atomic mass is 10.5. The molecule has 0 bridgehead atoms. The average molecular weight is 261 g/mol. The molecule has 0 aliphatic heterocycles. The maximum Gasteiger partial charge on any atom is 0.318 e. The Bertz CT molecular complexity index is 491. The zero-order chi connectivity index (χ0) is 13.1. The van der Waals surface area contributed by atoms with Gasteiger partial charge in [-0.25, -0.2) is 8.42 Å². The van der Waals surface area contributed by atoms with E-state index >= 15 is 0 Å². The molecule has 0 fully saturated rings. The lowest BCUT2D eigenvalue weighted by molar-refractivity contribution is -0.137. The number of sulfonamides is 1. The van der Waals surface area contributed by atoms with Crippen molar-refractivity contribution in [1.29, 1.82) is 0 Å². The number of hydrogen-bond acceptors (Lipinski definition) is 4. The number of carboxylic acid groups (broad SMARTS) is 1. The summed E-state index contributed by atoms with van der Waals surface area (Å²) in [6.45, 7) is 2.99. The Labute approximate surface area is 99.9 Å². The third kappa shape index (κ3) is 3.31. The Morgan fingerprint density at radius 1 is 1.47 bits per heavy atom. The number of furan rings is 1. The molecular formula is C10H15NO5S. The third-order valence-corrected chi connectivity index (χ3v) is 3.81. The quantitative estimate of drug-likeness (QED) is 0.827.